The smallest absolute Gasteiger partial charge is 0.0714 e. The summed E-state index contributed by atoms with van der Waals surface area (Å²) >= 11 is 0. The molecule has 0 amide bonds. The molecule has 14 rings (SSSR count). The van der Waals surface area contributed by atoms with Crippen LogP contribution in [0, 0.1) is 0 Å². The number of hydrogen-bond acceptors (Lipinski definition) is 1. The van der Waals surface area contributed by atoms with E-state index in [2.05, 4.69) is 292 Å². The Balaban J connectivity index is 1.11. The maximum atomic E-state index is 2.60. The van der Waals surface area contributed by atoms with Crippen LogP contribution in [0.1, 0.15) is 47.2 Å². The molecule has 12 aromatic carbocycles. The molecule has 0 spiro atoms. The van der Waals surface area contributed by atoms with Crippen molar-refractivity contribution in [1.29, 1.82) is 0 Å². The molecule has 0 saturated carbocycles. The zero-order chi connectivity index (χ0) is 48.7. The van der Waals surface area contributed by atoms with Crippen molar-refractivity contribution in [2.75, 3.05) is 4.90 Å². The van der Waals surface area contributed by atoms with Crippen LogP contribution < -0.4 is 4.90 Å². The maximum absolute atomic E-state index is 2.60. The van der Waals surface area contributed by atoms with E-state index in [1.54, 1.807) is 0 Å². The second kappa shape index (κ2) is 16.8. The SMILES string of the molecule is CC1(C)c2ccccc2-c2ccc(N(c3ccc4c(c3)C(c3ccccc3)(c3ccccc3)c3ccccc3-4)c3c(-c4ccccc4)cc(-c4ccc5ccccc5c4)cc3-c3ccc4ccccc4c3)cc21. The molecule has 1 nitrogen and oxygen atoms in total. The van der Waals surface area contributed by atoms with E-state index in [0.29, 0.717) is 0 Å². The minimum absolute atomic E-state index is 0.216. The predicted octanol–water partition coefficient (Wildman–Crippen LogP) is 19.1. The number of rotatable bonds is 8. The lowest BCUT2D eigenvalue weighted by Crippen LogP contribution is -2.28. The van der Waals surface area contributed by atoms with E-state index >= 15 is 0 Å². The Kier molecular flexibility index (Phi) is 9.85. The van der Waals surface area contributed by atoms with Gasteiger partial charge in [-0.1, -0.05) is 238 Å². The molecule has 2 aliphatic carbocycles. The van der Waals surface area contributed by atoms with E-state index in [1.165, 1.54) is 88.3 Å². The maximum Gasteiger partial charge on any atom is 0.0714 e. The summed E-state index contributed by atoms with van der Waals surface area (Å²) in [5.74, 6) is 0. The van der Waals surface area contributed by atoms with E-state index in [-0.39, 0.29) is 5.41 Å². The highest BCUT2D eigenvalue weighted by Crippen LogP contribution is 2.59. The van der Waals surface area contributed by atoms with Crippen LogP contribution in [0.3, 0.4) is 0 Å². The topological polar surface area (TPSA) is 3.24 Å². The van der Waals surface area contributed by atoms with Gasteiger partial charge >= 0.3 is 0 Å². The van der Waals surface area contributed by atoms with Crippen molar-refractivity contribution < 1.29 is 0 Å². The van der Waals surface area contributed by atoms with Gasteiger partial charge in [-0.3, -0.25) is 0 Å². The Morgan fingerprint density at radius 3 is 1.32 bits per heavy atom. The Morgan fingerprint density at radius 2 is 0.699 bits per heavy atom. The summed E-state index contributed by atoms with van der Waals surface area (Å²) in [6.45, 7) is 4.78. The largest absolute Gasteiger partial charge is 0.309 e. The molecule has 1 heteroatoms. The molecular formula is C72H51N. The average molecular weight is 930 g/mol. The first kappa shape index (κ1) is 42.8. The second-order valence-electron chi connectivity index (χ2n) is 20.4. The molecule has 0 bridgehead atoms. The lowest BCUT2D eigenvalue weighted by molar-refractivity contribution is 0.660. The van der Waals surface area contributed by atoms with Gasteiger partial charge in [0.1, 0.15) is 0 Å². The fourth-order valence-electron chi connectivity index (χ4n) is 12.6. The first-order chi connectivity index (χ1) is 35.9. The molecule has 344 valence electrons. The summed E-state index contributed by atoms with van der Waals surface area (Å²) in [6.07, 6.45) is 0. The van der Waals surface area contributed by atoms with Crippen LogP contribution in [-0.4, -0.2) is 0 Å². The lowest BCUT2D eigenvalue weighted by atomic mass is 9.67. The zero-order valence-electron chi connectivity index (χ0n) is 40.9. The Labute approximate surface area is 428 Å². The Bertz CT molecular complexity index is 4070. The van der Waals surface area contributed by atoms with Crippen LogP contribution >= 0.6 is 0 Å². The third-order valence-corrected chi connectivity index (χ3v) is 16.1. The molecule has 0 heterocycles. The highest BCUT2D eigenvalue weighted by atomic mass is 15.1. The second-order valence-corrected chi connectivity index (χ2v) is 20.4. The quantitative estimate of drug-likeness (QED) is 0.147. The van der Waals surface area contributed by atoms with Crippen molar-refractivity contribution in [3.8, 4) is 55.6 Å². The van der Waals surface area contributed by atoms with E-state index in [1.807, 2.05) is 0 Å². The zero-order valence-corrected chi connectivity index (χ0v) is 40.9. The first-order valence-electron chi connectivity index (χ1n) is 25.6. The van der Waals surface area contributed by atoms with Crippen LogP contribution in [0.4, 0.5) is 17.1 Å². The number of anilines is 3. The molecule has 73 heavy (non-hydrogen) atoms. The summed E-state index contributed by atoms with van der Waals surface area (Å²) in [4.78, 5) is 2.60. The van der Waals surface area contributed by atoms with Crippen LogP contribution in [0.5, 0.6) is 0 Å². The normalized spacial score (nSPS) is 13.6. The van der Waals surface area contributed by atoms with Gasteiger partial charge in [0.2, 0.25) is 0 Å². The van der Waals surface area contributed by atoms with Crippen molar-refractivity contribution in [3.63, 3.8) is 0 Å². The lowest BCUT2D eigenvalue weighted by Gasteiger charge is -2.36. The monoisotopic (exact) mass is 929 g/mol. The van der Waals surface area contributed by atoms with Gasteiger partial charge in [0.25, 0.3) is 0 Å². The fraction of sp³-hybridized carbons (Fsp3) is 0.0556. The van der Waals surface area contributed by atoms with Gasteiger partial charge < -0.3 is 4.90 Å². The third kappa shape index (κ3) is 6.69. The molecule has 2 aliphatic rings. The van der Waals surface area contributed by atoms with Gasteiger partial charge in [-0.05, 0) is 148 Å². The Morgan fingerprint density at radius 1 is 0.260 bits per heavy atom. The standard InChI is InChI=1S/C72H51N/c1-71(2)66-32-18-16-30-60(66)62-40-38-58(46-68(62)71)73(59-39-41-63-61-31-17-19-33-67(61)72(69(63)47-59,56-26-8-4-9-27-56)57-28-10-5-11-29-57)70-64(50-22-6-3-7-23-50)44-55(53-36-34-48-20-12-14-24-51(48)42-53)45-65(70)54-37-35-49-21-13-15-25-52(49)43-54/h3-47H,1-2H3. The first-order valence-corrected chi connectivity index (χ1v) is 25.6. The molecule has 0 unspecified atom stereocenters. The highest BCUT2D eigenvalue weighted by Gasteiger charge is 2.46. The molecule has 0 aromatic heterocycles. The minimum Gasteiger partial charge on any atom is -0.309 e. The summed E-state index contributed by atoms with van der Waals surface area (Å²) < 4.78 is 0. The number of fused-ring (bicyclic) bond motifs is 8. The Hall–Kier alpha value is -9.04. The van der Waals surface area contributed by atoms with Gasteiger partial charge in [0, 0.05) is 27.9 Å². The minimum atomic E-state index is -0.582. The summed E-state index contributed by atoms with van der Waals surface area (Å²) in [7, 11) is 0. The molecule has 0 radical (unpaired) electrons. The van der Waals surface area contributed by atoms with Crippen LogP contribution in [0.25, 0.3) is 77.2 Å². The summed E-state index contributed by atoms with van der Waals surface area (Å²) in [5.41, 5.74) is 22.4. The van der Waals surface area contributed by atoms with Gasteiger partial charge in [0.15, 0.2) is 0 Å². The van der Waals surface area contributed by atoms with Gasteiger partial charge in [-0.25, -0.2) is 0 Å². The highest BCUT2D eigenvalue weighted by molar-refractivity contribution is 6.03. The summed E-state index contributed by atoms with van der Waals surface area (Å²) in [6, 6.07) is 102. The van der Waals surface area contributed by atoms with Crippen molar-refractivity contribution in [2.24, 2.45) is 0 Å². The van der Waals surface area contributed by atoms with Crippen LogP contribution in [-0.2, 0) is 10.8 Å². The fourth-order valence-corrected chi connectivity index (χ4v) is 12.6. The molecule has 0 aliphatic heterocycles. The molecule has 0 atom stereocenters. The van der Waals surface area contributed by atoms with E-state index in [0.717, 1.165) is 39.3 Å². The van der Waals surface area contributed by atoms with Crippen molar-refractivity contribution in [3.05, 3.63) is 306 Å². The van der Waals surface area contributed by atoms with E-state index in [4.69, 9.17) is 0 Å². The van der Waals surface area contributed by atoms with Crippen molar-refractivity contribution >= 4 is 38.6 Å². The van der Waals surface area contributed by atoms with Gasteiger partial charge in [-0.15, -0.1) is 0 Å². The average Bonchev–Trinajstić information content (AvgIpc) is 3.88. The van der Waals surface area contributed by atoms with E-state index in [9.17, 15) is 0 Å². The number of hydrogen-bond donors (Lipinski definition) is 0. The molecular weight excluding hydrogens is 879 g/mol. The van der Waals surface area contributed by atoms with Crippen LogP contribution in [0.2, 0.25) is 0 Å². The number of benzene rings is 12. The molecule has 12 aromatic rings. The van der Waals surface area contributed by atoms with Crippen molar-refractivity contribution in [2.45, 2.75) is 24.7 Å². The third-order valence-electron chi connectivity index (χ3n) is 16.1. The van der Waals surface area contributed by atoms with Crippen LogP contribution in [0.15, 0.2) is 273 Å². The van der Waals surface area contributed by atoms with Gasteiger partial charge in [0.05, 0.1) is 11.1 Å². The number of nitrogens with zero attached hydrogens (tertiary/aromatic N) is 1. The molecule has 0 N–H and O–H groups in total. The van der Waals surface area contributed by atoms with E-state index < -0.39 is 5.41 Å². The predicted molar refractivity (Wildman–Crippen MR) is 307 cm³/mol. The van der Waals surface area contributed by atoms with Crippen molar-refractivity contribution in [1.82, 2.24) is 0 Å². The molecule has 0 saturated heterocycles. The van der Waals surface area contributed by atoms with Gasteiger partial charge in [-0.2, -0.15) is 0 Å². The summed E-state index contributed by atoms with van der Waals surface area (Å²) in [5, 5.41) is 4.88. The molecule has 0 fully saturated rings.